The third kappa shape index (κ3) is 2.85. The molecular weight excluding hydrogens is 176 g/mol. The summed E-state index contributed by atoms with van der Waals surface area (Å²) in [7, 11) is 0. The second-order valence-corrected chi connectivity index (χ2v) is 3.40. The van der Waals surface area contributed by atoms with Gasteiger partial charge in [0.2, 0.25) is 5.91 Å². The van der Waals surface area contributed by atoms with Gasteiger partial charge >= 0.3 is 0 Å². The molecule has 3 N–H and O–H groups in total. The van der Waals surface area contributed by atoms with Crippen LogP contribution in [0.15, 0.2) is 18.2 Å². The van der Waals surface area contributed by atoms with E-state index in [0.29, 0.717) is 6.54 Å². The van der Waals surface area contributed by atoms with Crippen LogP contribution in [0.5, 0.6) is 0 Å². The molecular formula is C11H16N2O. The van der Waals surface area contributed by atoms with E-state index >= 15 is 0 Å². The Bertz CT molecular complexity index is 334. The topological polar surface area (TPSA) is 55.1 Å². The van der Waals surface area contributed by atoms with Crippen LogP contribution in [0.4, 0.5) is 0 Å². The van der Waals surface area contributed by atoms with E-state index in [-0.39, 0.29) is 12.5 Å². The molecule has 14 heavy (non-hydrogen) atoms. The van der Waals surface area contributed by atoms with E-state index in [0.717, 1.165) is 5.56 Å². The number of benzene rings is 1. The summed E-state index contributed by atoms with van der Waals surface area (Å²) in [4.78, 5) is 10.9. The summed E-state index contributed by atoms with van der Waals surface area (Å²) in [6.07, 6.45) is 0. The largest absolute Gasteiger partial charge is 0.351 e. The first-order valence-corrected chi connectivity index (χ1v) is 4.66. The molecule has 1 amide bonds. The van der Waals surface area contributed by atoms with Gasteiger partial charge in [0.05, 0.1) is 6.54 Å². The van der Waals surface area contributed by atoms with Crippen LogP contribution in [0.25, 0.3) is 0 Å². The third-order valence-corrected chi connectivity index (χ3v) is 2.25. The lowest BCUT2D eigenvalue weighted by Gasteiger charge is -2.06. The van der Waals surface area contributed by atoms with Gasteiger partial charge in [-0.05, 0) is 30.5 Å². The third-order valence-electron chi connectivity index (χ3n) is 2.25. The first-order chi connectivity index (χ1) is 6.63. The molecule has 0 unspecified atom stereocenters. The molecule has 0 bridgehead atoms. The van der Waals surface area contributed by atoms with Gasteiger partial charge in [0.25, 0.3) is 0 Å². The Labute approximate surface area is 84.3 Å². The molecule has 0 aliphatic carbocycles. The molecule has 0 heterocycles. The maximum atomic E-state index is 10.9. The van der Waals surface area contributed by atoms with Crippen molar-refractivity contribution >= 4 is 5.91 Å². The Hall–Kier alpha value is -1.35. The Morgan fingerprint density at radius 3 is 2.64 bits per heavy atom. The minimum atomic E-state index is -0.122. The van der Waals surface area contributed by atoms with E-state index in [1.54, 1.807) is 0 Å². The average molecular weight is 192 g/mol. The maximum Gasteiger partial charge on any atom is 0.234 e. The van der Waals surface area contributed by atoms with Crippen LogP contribution in [0, 0.1) is 13.8 Å². The van der Waals surface area contributed by atoms with Gasteiger partial charge in [-0.1, -0.05) is 18.2 Å². The SMILES string of the molecule is Cc1ccc(CNC(=O)CN)cc1C. The molecule has 1 aromatic carbocycles. The average Bonchev–Trinajstić information content (AvgIpc) is 2.19. The number of amides is 1. The van der Waals surface area contributed by atoms with Crippen molar-refractivity contribution in [3.8, 4) is 0 Å². The molecule has 0 aliphatic heterocycles. The zero-order valence-electron chi connectivity index (χ0n) is 8.63. The fourth-order valence-electron chi connectivity index (χ4n) is 1.19. The maximum absolute atomic E-state index is 10.9. The summed E-state index contributed by atoms with van der Waals surface area (Å²) in [5, 5.41) is 2.73. The number of nitrogens with one attached hydrogen (secondary N) is 1. The molecule has 0 saturated carbocycles. The van der Waals surface area contributed by atoms with E-state index in [2.05, 4.69) is 31.3 Å². The van der Waals surface area contributed by atoms with Crippen molar-refractivity contribution in [1.82, 2.24) is 5.32 Å². The number of carbonyl (C=O) groups excluding carboxylic acids is 1. The first kappa shape index (κ1) is 10.7. The second kappa shape index (κ2) is 4.77. The Kier molecular flexibility index (Phi) is 3.65. The van der Waals surface area contributed by atoms with Crippen LogP contribution in [0.3, 0.4) is 0 Å². The quantitative estimate of drug-likeness (QED) is 0.747. The predicted molar refractivity (Wildman–Crippen MR) is 56.8 cm³/mol. The highest BCUT2D eigenvalue weighted by molar-refractivity contribution is 5.77. The fraction of sp³-hybridized carbons (Fsp3) is 0.364. The van der Waals surface area contributed by atoms with Crippen LogP contribution in [-0.2, 0) is 11.3 Å². The molecule has 1 rings (SSSR count). The van der Waals surface area contributed by atoms with Crippen molar-refractivity contribution in [2.45, 2.75) is 20.4 Å². The number of carbonyl (C=O) groups is 1. The molecule has 0 spiro atoms. The summed E-state index contributed by atoms with van der Waals surface area (Å²) in [6, 6.07) is 6.14. The fourth-order valence-corrected chi connectivity index (χ4v) is 1.19. The highest BCUT2D eigenvalue weighted by Gasteiger charge is 1.99. The molecule has 0 aliphatic rings. The standard InChI is InChI=1S/C11H16N2O/c1-8-3-4-10(5-9(8)2)7-13-11(14)6-12/h3-5H,6-7,12H2,1-2H3,(H,13,14). The van der Waals surface area contributed by atoms with Gasteiger partial charge in [-0.3, -0.25) is 4.79 Å². The van der Waals surface area contributed by atoms with Crippen molar-refractivity contribution in [1.29, 1.82) is 0 Å². The molecule has 3 nitrogen and oxygen atoms in total. The summed E-state index contributed by atoms with van der Waals surface area (Å²) >= 11 is 0. The number of rotatable bonds is 3. The van der Waals surface area contributed by atoms with Crippen molar-refractivity contribution in [2.24, 2.45) is 5.73 Å². The molecule has 0 radical (unpaired) electrons. The van der Waals surface area contributed by atoms with Gasteiger partial charge in [-0.2, -0.15) is 0 Å². The van der Waals surface area contributed by atoms with Crippen LogP contribution in [0.1, 0.15) is 16.7 Å². The normalized spacial score (nSPS) is 9.93. The van der Waals surface area contributed by atoms with E-state index in [4.69, 9.17) is 5.73 Å². The van der Waals surface area contributed by atoms with Crippen molar-refractivity contribution < 1.29 is 4.79 Å². The van der Waals surface area contributed by atoms with Gasteiger partial charge < -0.3 is 11.1 Å². The smallest absolute Gasteiger partial charge is 0.234 e. The van der Waals surface area contributed by atoms with Crippen LogP contribution in [-0.4, -0.2) is 12.5 Å². The molecule has 0 aromatic heterocycles. The summed E-state index contributed by atoms with van der Waals surface area (Å²) in [6.45, 7) is 4.73. The van der Waals surface area contributed by atoms with E-state index in [1.165, 1.54) is 11.1 Å². The van der Waals surface area contributed by atoms with Crippen LogP contribution in [0.2, 0.25) is 0 Å². The number of nitrogens with two attached hydrogens (primary N) is 1. The van der Waals surface area contributed by atoms with Gasteiger partial charge in [-0.15, -0.1) is 0 Å². The lowest BCUT2D eigenvalue weighted by Crippen LogP contribution is -2.29. The minimum absolute atomic E-state index is 0.0465. The summed E-state index contributed by atoms with van der Waals surface area (Å²) in [5.41, 5.74) is 8.79. The van der Waals surface area contributed by atoms with Crippen LogP contribution < -0.4 is 11.1 Å². The molecule has 0 saturated heterocycles. The van der Waals surface area contributed by atoms with E-state index in [1.807, 2.05) is 6.07 Å². The van der Waals surface area contributed by atoms with Crippen molar-refractivity contribution in [2.75, 3.05) is 6.54 Å². The minimum Gasteiger partial charge on any atom is -0.351 e. The van der Waals surface area contributed by atoms with Crippen LogP contribution >= 0.6 is 0 Å². The lowest BCUT2D eigenvalue weighted by molar-refractivity contribution is -0.119. The van der Waals surface area contributed by atoms with Gasteiger partial charge in [0.15, 0.2) is 0 Å². The van der Waals surface area contributed by atoms with E-state index < -0.39 is 0 Å². The number of hydrogen-bond donors (Lipinski definition) is 2. The van der Waals surface area contributed by atoms with Crippen molar-refractivity contribution in [3.05, 3.63) is 34.9 Å². The lowest BCUT2D eigenvalue weighted by atomic mass is 10.1. The zero-order valence-corrected chi connectivity index (χ0v) is 8.63. The molecule has 76 valence electrons. The highest BCUT2D eigenvalue weighted by atomic mass is 16.1. The predicted octanol–water partition coefficient (Wildman–Crippen LogP) is 0.878. The van der Waals surface area contributed by atoms with Gasteiger partial charge in [-0.25, -0.2) is 0 Å². The molecule has 1 aromatic rings. The van der Waals surface area contributed by atoms with E-state index in [9.17, 15) is 4.79 Å². The monoisotopic (exact) mass is 192 g/mol. The van der Waals surface area contributed by atoms with Gasteiger partial charge in [0, 0.05) is 6.54 Å². The summed E-state index contributed by atoms with van der Waals surface area (Å²) in [5.74, 6) is -0.122. The molecule has 0 atom stereocenters. The summed E-state index contributed by atoms with van der Waals surface area (Å²) < 4.78 is 0. The molecule has 3 heteroatoms. The zero-order chi connectivity index (χ0) is 10.6. The Balaban J connectivity index is 2.60. The number of aryl methyl sites for hydroxylation is 2. The molecule has 0 fully saturated rings. The van der Waals surface area contributed by atoms with Gasteiger partial charge in [0.1, 0.15) is 0 Å². The Morgan fingerprint density at radius 2 is 2.07 bits per heavy atom. The highest BCUT2D eigenvalue weighted by Crippen LogP contribution is 2.09. The van der Waals surface area contributed by atoms with Crippen molar-refractivity contribution in [3.63, 3.8) is 0 Å². The first-order valence-electron chi connectivity index (χ1n) is 4.66. The number of hydrogen-bond acceptors (Lipinski definition) is 2. The second-order valence-electron chi connectivity index (χ2n) is 3.40. The Morgan fingerprint density at radius 1 is 1.36 bits per heavy atom.